The van der Waals surface area contributed by atoms with Gasteiger partial charge in [-0.3, -0.25) is 0 Å². The second-order valence-electron chi connectivity index (χ2n) is 4.56. The first-order valence-corrected chi connectivity index (χ1v) is 7.19. The maximum atomic E-state index is 11.6. The Hall–Kier alpha value is -1.66. The van der Waals surface area contributed by atoms with Crippen LogP contribution >= 0.6 is 0 Å². The molecule has 1 aromatic carbocycles. The number of primary sulfonamides is 1. The van der Waals surface area contributed by atoms with Crippen LogP contribution in [0.1, 0.15) is 18.4 Å². The minimum atomic E-state index is -3.53. The van der Waals surface area contributed by atoms with Crippen molar-refractivity contribution in [3.8, 4) is 5.69 Å². The maximum absolute atomic E-state index is 11.6. The SMILES string of the molecule is NS(=O)(=O)C1(c2ccc(-n3ccnc3)cc2)CC1. The van der Waals surface area contributed by atoms with E-state index in [0.29, 0.717) is 12.8 Å². The van der Waals surface area contributed by atoms with Gasteiger partial charge in [-0.15, -0.1) is 0 Å². The molecule has 1 heterocycles. The Morgan fingerprint density at radius 1 is 1.22 bits per heavy atom. The molecule has 1 aliphatic carbocycles. The molecule has 0 amide bonds. The molecule has 18 heavy (non-hydrogen) atoms. The topological polar surface area (TPSA) is 78.0 Å². The molecule has 94 valence electrons. The fraction of sp³-hybridized carbons (Fsp3) is 0.250. The summed E-state index contributed by atoms with van der Waals surface area (Å²) in [7, 11) is -3.53. The van der Waals surface area contributed by atoms with Crippen molar-refractivity contribution in [1.29, 1.82) is 0 Å². The van der Waals surface area contributed by atoms with Gasteiger partial charge in [0.1, 0.15) is 4.75 Å². The first-order valence-electron chi connectivity index (χ1n) is 5.64. The van der Waals surface area contributed by atoms with Crippen LogP contribution in [0.15, 0.2) is 43.0 Å². The average molecular weight is 263 g/mol. The normalized spacial score (nSPS) is 17.6. The number of sulfonamides is 1. The number of nitrogens with two attached hydrogens (primary N) is 1. The predicted octanol–water partition coefficient (Wildman–Crippen LogP) is 1.15. The highest BCUT2D eigenvalue weighted by atomic mass is 32.2. The zero-order valence-corrected chi connectivity index (χ0v) is 10.5. The third-order valence-electron chi connectivity index (χ3n) is 3.44. The van der Waals surface area contributed by atoms with E-state index in [1.165, 1.54) is 0 Å². The van der Waals surface area contributed by atoms with Gasteiger partial charge < -0.3 is 4.57 Å². The van der Waals surface area contributed by atoms with Crippen LogP contribution in [0.3, 0.4) is 0 Å². The van der Waals surface area contributed by atoms with E-state index in [2.05, 4.69) is 4.98 Å². The minimum Gasteiger partial charge on any atom is -0.306 e. The van der Waals surface area contributed by atoms with Crippen molar-refractivity contribution in [1.82, 2.24) is 9.55 Å². The Morgan fingerprint density at radius 2 is 1.89 bits per heavy atom. The van der Waals surface area contributed by atoms with Crippen molar-refractivity contribution < 1.29 is 8.42 Å². The Bertz CT molecular complexity index is 656. The number of aromatic nitrogens is 2. The van der Waals surface area contributed by atoms with Gasteiger partial charge in [-0.2, -0.15) is 0 Å². The van der Waals surface area contributed by atoms with E-state index in [0.717, 1.165) is 11.3 Å². The summed E-state index contributed by atoms with van der Waals surface area (Å²) in [5.41, 5.74) is 1.72. The lowest BCUT2D eigenvalue weighted by molar-refractivity contribution is 0.582. The van der Waals surface area contributed by atoms with Gasteiger partial charge in [-0.05, 0) is 30.5 Å². The largest absolute Gasteiger partial charge is 0.306 e. The van der Waals surface area contributed by atoms with Gasteiger partial charge in [-0.25, -0.2) is 18.5 Å². The fourth-order valence-electron chi connectivity index (χ4n) is 2.20. The van der Waals surface area contributed by atoms with Gasteiger partial charge in [-0.1, -0.05) is 12.1 Å². The van der Waals surface area contributed by atoms with E-state index in [1.54, 1.807) is 12.5 Å². The van der Waals surface area contributed by atoms with Crippen LogP contribution in [0.5, 0.6) is 0 Å². The molecule has 1 aromatic heterocycles. The zero-order chi connectivity index (χ0) is 12.8. The van der Waals surface area contributed by atoms with Crippen LogP contribution in [0, 0.1) is 0 Å². The standard InChI is InChI=1S/C12H13N3O2S/c13-18(16,17)12(5-6-12)10-1-3-11(4-2-10)15-8-7-14-9-15/h1-4,7-9H,5-6H2,(H2,13,16,17). The molecule has 2 N–H and O–H groups in total. The highest BCUT2D eigenvalue weighted by molar-refractivity contribution is 7.90. The van der Waals surface area contributed by atoms with Crippen molar-refractivity contribution >= 4 is 10.0 Å². The lowest BCUT2D eigenvalue weighted by atomic mass is 10.1. The van der Waals surface area contributed by atoms with Crippen LogP contribution in [-0.2, 0) is 14.8 Å². The summed E-state index contributed by atoms with van der Waals surface area (Å²) in [5.74, 6) is 0. The molecule has 0 spiro atoms. The van der Waals surface area contributed by atoms with Gasteiger partial charge >= 0.3 is 0 Å². The molecule has 2 aromatic rings. The van der Waals surface area contributed by atoms with Gasteiger partial charge in [0, 0.05) is 18.1 Å². The Morgan fingerprint density at radius 3 is 2.33 bits per heavy atom. The fourth-order valence-corrected chi connectivity index (χ4v) is 3.34. The molecule has 0 atom stereocenters. The van der Waals surface area contributed by atoms with Crippen molar-refractivity contribution in [3.05, 3.63) is 48.5 Å². The number of nitrogens with zero attached hydrogens (tertiary/aromatic N) is 2. The van der Waals surface area contributed by atoms with Crippen molar-refractivity contribution in [2.45, 2.75) is 17.6 Å². The second-order valence-corrected chi connectivity index (χ2v) is 6.43. The maximum Gasteiger partial charge on any atom is 0.219 e. The van der Waals surface area contributed by atoms with Gasteiger partial charge in [0.2, 0.25) is 10.0 Å². The van der Waals surface area contributed by atoms with Crippen molar-refractivity contribution in [2.24, 2.45) is 5.14 Å². The molecule has 0 radical (unpaired) electrons. The summed E-state index contributed by atoms with van der Waals surface area (Å²) in [4.78, 5) is 3.97. The van der Waals surface area contributed by atoms with Crippen LogP contribution in [0.4, 0.5) is 0 Å². The first kappa shape index (κ1) is 11.4. The van der Waals surface area contributed by atoms with Crippen LogP contribution in [0.2, 0.25) is 0 Å². The molecule has 0 saturated heterocycles. The lowest BCUT2D eigenvalue weighted by Crippen LogP contribution is -2.28. The number of imidazole rings is 1. The summed E-state index contributed by atoms with van der Waals surface area (Å²) in [6, 6.07) is 7.41. The molecule has 0 unspecified atom stereocenters. The highest BCUT2D eigenvalue weighted by Gasteiger charge is 2.54. The van der Waals surface area contributed by atoms with Gasteiger partial charge in [0.25, 0.3) is 0 Å². The zero-order valence-electron chi connectivity index (χ0n) is 9.65. The molecular weight excluding hydrogens is 250 g/mol. The molecule has 0 aliphatic heterocycles. The van der Waals surface area contributed by atoms with Gasteiger partial charge in [0.15, 0.2) is 0 Å². The van der Waals surface area contributed by atoms with Crippen LogP contribution in [-0.4, -0.2) is 18.0 Å². The van der Waals surface area contributed by atoms with Crippen LogP contribution < -0.4 is 5.14 Å². The lowest BCUT2D eigenvalue weighted by Gasteiger charge is -2.13. The number of hydrogen-bond acceptors (Lipinski definition) is 3. The van der Waals surface area contributed by atoms with E-state index in [-0.39, 0.29) is 0 Å². The number of benzene rings is 1. The number of rotatable bonds is 3. The molecule has 6 heteroatoms. The first-order chi connectivity index (χ1) is 8.53. The summed E-state index contributed by atoms with van der Waals surface area (Å²) in [6.45, 7) is 0. The smallest absolute Gasteiger partial charge is 0.219 e. The van der Waals surface area contributed by atoms with Crippen molar-refractivity contribution in [3.63, 3.8) is 0 Å². The molecular formula is C12H13N3O2S. The van der Waals surface area contributed by atoms with Crippen molar-refractivity contribution in [2.75, 3.05) is 0 Å². The van der Waals surface area contributed by atoms with Gasteiger partial charge in [0.05, 0.1) is 6.33 Å². The molecule has 3 rings (SSSR count). The summed E-state index contributed by atoms with van der Waals surface area (Å²) in [6.07, 6.45) is 6.44. The summed E-state index contributed by atoms with van der Waals surface area (Å²) >= 11 is 0. The molecule has 5 nitrogen and oxygen atoms in total. The number of hydrogen-bond donors (Lipinski definition) is 1. The van der Waals surface area contributed by atoms with E-state index in [9.17, 15) is 8.42 Å². The van der Waals surface area contributed by atoms with E-state index >= 15 is 0 Å². The van der Waals surface area contributed by atoms with E-state index in [1.807, 2.05) is 35.0 Å². The molecule has 1 saturated carbocycles. The van der Waals surface area contributed by atoms with E-state index in [4.69, 9.17) is 5.14 Å². The van der Waals surface area contributed by atoms with Crippen LogP contribution in [0.25, 0.3) is 5.69 Å². The van der Waals surface area contributed by atoms with E-state index < -0.39 is 14.8 Å². The quantitative estimate of drug-likeness (QED) is 0.902. The Kier molecular flexibility index (Phi) is 2.33. The predicted molar refractivity (Wildman–Crippen MR) is 67.6 cm³/mol. The average Bonchev–Trinajstić information content (AvgIpc) is 2.99. The Labute approximate surface area is 105 Å². The molecule has 1 aliphatic rings. The third-order valence-corrected chi connectivity index (χ3v) is 5.18. The third kappa shape index (κ3) is 1.65. The molecule has 0 bridgehead atoms. The minimum absolute atomic E-state index is 0.607. The summed E-state index contributed by atoms with van der Waals surface area (Å²) in [5, 5.41) is 5.30. The second kappa shape index (κ2) is 3.66. The highest BCUT2D eigenvalue weighted by Crippen LogP contribution is 2.51. The Balaban J connectivity index is 1.98. The molecule has 1 fully saturated rings. The summed E-state index contributed by atoms with van der Waals surface area (Å²) < 4.78 is 24.2. The monoisotopic (exact) mass is 263 g/mol.